The molecule has 0 spiro atoms. The quantitative estimate of drug-likeness (QED) is 0.391. The predicted octanol–water partition coefficient (Wildman–Crippen LogP) is 5.55. The molecule has 0 bridgehead atoms. The van der Waals surface area contributed by atoms with E-state index in [-0.39, 0.29) is 65.9 Å². The molecule has 13 heteroatoms. The molecule has 3 atom stereocenters. The van der Waals surface area contributed by atoms with Crippen LogP contribution in [0.4, 0.5) is 23.2 Å². The van der Waals surface area contributed by atoms with E-state index in [4.69, 9.17) is 14.2 Å². The number of carbonyl (C=O) groups is 2. The maximum atomic E-state index is 14.1. The Hall–Kier alpha value is -3.58. The first kappa shape index (κ1) is 32.4. The number of hydrogen-bond donors (Lipinski definition) is 1. The highest BCUT2D eigenvalue weighted by Crippen LogP contribution is 2.49. The molecule has 1 amide bonds. The van der Waals surface area contributed by atoms with Crippen molar-refractivity contribution in [2.45, 2.75) is 83.0 Å². The Labute approximate surface area is 265 Å². The zero-order valence-corrected chi connectivity index (χ0v) is 26.1. The van der Waals surface area contributed by atoms with Crippen LogP contribution in [-0.4, -0.2) is 83.5 Å². The number of fused-ring (bicyclic) bond motifs is 1. The van der Waals surface area contributed by atoms with Crippen LogP contribution < -0.4 is 14.4 Å². The standard InChI is InChI=1S/C33H39F4N3O6/c1-19(2)46-28-13-23(33(35,36)37)12-21-16-39(18-44-29(21)28)31(43)32(22-4-5-22)9-8-25(17-45-32)38-10-11-40(20(3)15-38)24-6-7-27(34)26(14-24)30(41)42/h6-7,12-14,19-20,22,25H,4-5,8-11,15-18H2,1-3H3,(H,41,42)/t20-,25?,32-/m0/s1. The van der Waals surface area contributed by atoms with Gasteiger partial charge in [0.1, 0.15) is 11.4 Å². The fourth-order valence-electron chi connectivity index (χ4n) is 7.08. The van der Waals surface area contributed by atoms with Crippen LogP contribution in [-0.2, 0) is 22.3 Å². The van der Waals surface area contributed by atoms with Crippen molar-refractivity contribution in [3.05, 3.63) is 52.8 Å². The average Bonchev–Trinajstić information content (AvgIpc) is 3.86. The smallest absolute Gasteiger partial charge is 0.416 e. The number of anilines is 1. The third-order valence-electron chi connectivity index (χ3n) is 9.50. The van der Waals surface area contributed by atoms with Gasteiger partial charge < -0.3 is 29.1 Å². The van der Waals surface area contributed by atoms with Gasteiger partial charge in [-0.1, -0.05) is 0 Å². The van der Waals surface area contributed by atoms with E-state index >= 15 is 0 Å². The molecule has 0 radical (unpaired) electrons. The summed E-state index contributed by atoms with van der Waals surface area (Å²) in [6, 6.07) is 6.20. The van der Waals surface area contributed by atoms with Gasteiger partial charge in [-0.25, -0.2) is 9.18 Å². The number of carbonyl (C=O) groups excluding carboxylic acids is 1. The van der Waals surface area contributed by atoms with Crippen LogP contribution in [0, 0.1) is 11.7 Å². The van der Waals surface area contributed by atoms with Gasteiger partial charge >= 0.3 is 12.1 Å². The number of alkyl halides is 3. The number of halogens is 4. The van der Waals surface area contributed by atoms with E-state index < -0.39 is 29.1 Å². The van der Waals surface area contributed by atoms with E-state index in [1.54, 1.807) is 19.9 Å². The van der Waals surface area contributed by atoms with E-state index in [0.29, 0.717) is 44.8 Å². The first-order chi connectivity index (χ1) is 21.8. The molecule has 9 nitrogen and oxygen atoms in total. The summed E-state index contributed by atoms with van der Waals surface area (Å²) in [5.74, 6) is -2.06. The van der Waals surface area contributed by atoms with Gasteiger partial charge in [-0.3, -0.25) is 9.69 Å². The maximum Gasteiger partial charge on any atom is 0.416 e. The third-order valence-corrected chi connectivity index (χ3v) is 9.50. The first-order valence-electron chi connectivity index (χ1n) is 15.8. The lowest BCUT2D eigenvalue weighted by Gasteiger charge is -2.48. The summed E-state index contributed by atoms with van der Waals surface area (Å²) in [7, 11) is 0. The number of carboxylic acid groups (broad SMARTS) is 1. The summed E-state index contributed by atoms with van der Waals surface area (Å²) in [6.45, 7) is 7.64. The van der Waals surface area contributed by atoms with Gasteiger partial charge in [-0.05, 0) is 82.7 Å². The van der Waals surface area contributed by atoms with Gasteiger partial charge in [0.05, 0.1) is 30.4 Å². The highest BCUT2D eigenvalue weighted by Gasteiger charge is 2.56. The summed E-state index contributed by atoms with van der Waals surface area (Å²) >= 11 is 0. The lowest BCUT2D eigenvalue weighted by Crippen LogP contribution is -2.61. The van der Waals surface area contributed by atoms with Crippen molar-refractivity contribution in [1.82, 2.24) is 9.80 Å². The van der Waals surface area contributed by atoms with E-state index in [0.717, 1.165) is 25.0 Å². The number of nitrogens with zero attached hydrogens (tertiary/aromatic N) is 3. The predicted molar refractivity (Wildman–Crippen MR) is 159 cm³/mol. The summed E-state index contributed by atoms with van der Waals surface area (Å²) in [5, 5.41) is 9.34. The number of amides is 1. The third kappa shape index (κ3) is 6.23. The fourth-order valence-corrected chi connectivity index (χ4v) is 7.08. The lowest BCUT2D eigenvalue weighted by atomic mass is 9.85. The van der Waals surface area contributed by atoms with Crippen molar-refractivity contribution in [3.8, 4) is 11.5 Å². The number of benzene rings is 2. The molecule has 6 rings (SSSR count). The lowest BCUT2D eigenvalue weighted by molar-refractivity contribution is -0.180. The number of rotatable bonds is 7. The molecular weight excluding hydrogens is 610 g/mol. The van der Waals surface area contributed by atoms with E-state index in [1.165, 1.54) is 17.0 Å². The summed E-state index contributed by atoms with van der Waals surface area (Å²) in [4.78, 5) is 31.4. The molecule has 1 N–H and O–H groups in total. The Balaban J connectivity index is 1.13. The number of piperazine rings is 1. The van der Waals surface area contributed by atoms with Crippen molar-refractivity contribution in [3.63, 3.8) is 0 Å². The molecule has 46 heavy (non-hydrogen) atoms. The van der Waals surface area contributed by atoms with Crippen LogP contribution in [0.5, 0.6) is 11.5 Å². The summed E-state index contributed by atoms with van der Waals surface area (Å²) < 4.78 is 73.2. The second-order valence-corrected chi connectivity index (χ2v) is 13.1. The highest BCUT2D eigenvalue weighted by atomic mass is 19.4. The Morgan fingerprint density at radius 3 is 2.48 bits per heavy atom. The minimum absolute atomic E-state index is 0.0108. The van der Waals surface area contributed by atoms with Crippen molar-refractivity contribution >= 4 is 17.6 Å². The molecule has 1 aliphatic carbocycles. The van der Waals surface area contributed by atoms with Gasteiger partial charge in [0.25, 0.3) is 5.91 Å². The molecule has 3 fully saturated rings. The van der Waals surface area contributed by atoms with Crippen LogP contribution in [0.15, 0.2) is 30.3 Å². The van der Waals surface area contributed by atoms with Crippen LogP contribution in [0.1, 0.15) is 67.9 Å². The Bertz CT molecular complexity index is 1490. The average molecular weight is 650 g/mol. The Kier molecular flexibility index (Phi) is 8.60. The van der Waals surface area contributed by atoms with Gasteiger partial charge in [0.15, 0.2) is 18.2 Å². The van der Waals surface area contributed by atoms with Crippen molar-refractivity contribution in [2.24, 2.45) is 5.92 Å². The molecular formula is C33H39F4N3O6. The topological polar surface area (TPSA) is 91.8 Å². The van der Waals surface area contributed by atoms with Gasteiger partial charge in [0.2, 0.25) is 0 Å². The monoisotopic (exact) mass is 649 g/mol. The molecule has 3 heterocycles. The fraction of sp³-hybridized carbons (Fsp3) is 0.576. The number of carboxylic acids is 1. The second-order valence-electron chi connectivity index (χ2n) is 13.1. The van der Waals surface area contributed by atoms with Crippen molar-refractivity contribution < 1.29 is 46.5 Å². The molecule has 4 aliphatic rings. The van der Waals surface area contributed by atoms with Crippen LogP contribution in [0.2, 0.25) is 0 Å². The van der Waals surface area contributed by atoms with Gasteiger partial charge in [0, 0.05) is 43.0 Å². The normalized spacial score (nSPS) is 25.7. The van der Waals surface area contributed by atoms with Crippen LogP contribution >= 0.6 is 0 Å². The molecule has 2 saturated heterocycles. The molecule has 1 unspecified atom stereocenters. The molecule has 0 aromatic heterocycles. The van der Waals surface area contributed by atoms with Gasteiger partial charge in [-0.15, -0.1) is 0 Å². The van der Waals surface area contributed by atoms with Crippen molar-refractivity contribution in [1.29, 1.82) is 0 Å². The minimum atomic E-state index is -4.59. The molecule has 1 saturated carbocycles. The second kappa shape index (κ2) is 12.2. The summed E-state index contributed by atoms with van der Waals surface area (Å²) in [6.07, 6.45) is -2.06. The Morgan fingerprint density at radius 1 is 1.11 bits per heavy atom. The number of aromatic carboxylic acids is 1. The number of ether oxygens (including phenoxy) is 3. The van der Waals surface area contributed by atoms with Crippen LogP contribution in [0.3, 0.4) is 0 Å². The van der Waals surface area contributed by atoms with E-state index in [1.807, 2.05) is 6.92 Å². The minimum Gasteiger partial charge on any atom is -0.487 e. The van der Waals surface area contributed by atoms with Gasteiger partial charge in [-0.2, -0.15) is 13.2 Å². The van der Waals surface area contributed by atoms with E-state index in [2.05, 4.69) is 9.80 Å². The van der Waals surface area contributed by atoms with Crippen molar-refractivity contribution in [2.75, 3.05) is 37.9 Å². The first-order valence-corrected chi connectivity index (χ1v) is 15.8. The highest BCUT2D eigenvalue weighted by molar-refractivity contribution is 5.89. The summed E-state index contributed by atoms with van der Waals surface area (Å²) in [5.41, 5.74) is -1.37. The Morgan fingerprint density at radius 2 is 1.87 bits per heavy atom. The molecule has 2 aromatic rings. The largest absolute Gasteiger partial charge is 0.487 e. The van der Waals surface area contributed by atoms with E-state index in [9.17, 15) is 32.3 Å². The molecule has 2 aromatic carbocycles. The zero-order chi connectivity index (χ0) is 33.0. The maximum absolute atomic E-state index is 14.1. The molecule has 250 valence electrons. The SMILES string of the molecule is CC(C)Oc1cc(C(F)(F)F)cc2c1OCN(C(=O)[C@@]1(C3CC3)CCC(N3CCN(c4ccc(F)c(C(=O)O)c4)[C@@H](C)C3)CO1)C2. The van der Waals surface area contributed by atoms with Crippen LogP contribution in [0.25, 0.3) is 0 Å². The zero-order valence-electron chi connectivity index (χ0n) is 26.1. The molecule has 3 aliphatic heterocycles. The number of hydrogen-bond acceptors (Lipinski definition) is 7.